The number of benzene rings is 1. The van der Waals surface area contributed by atoms with E-state index in [9.17, 15) is 18.0 Å². The predicted molar refractivity (Wildman–Crippen MR) is 123 cm³/mol. The molecule has 10 heteroatoms. The molecule has 3 fully saturated rings. The van der Waals surface area contributed by atoms with E-state index in [1.807, 2.05) is 31.2 Å². The molecule has 2 amide bonds. The molecule has 178 valence electrons. The number of hydrogen-bond acceptors (Lipinski definition) is 6. The van der Waals surface area contributed by atoms with Crippen molar-refractivity contribution >= 4 is 34.2 Å². The summed E-state index contributed by atoms with van der Waals surface area (Å²) in [6.45, 7) is 6.81. The monoisotopic (exact) mass is 485 g/mol. The molecular formula is C22H32ClN3O5S. The van der Waals surface area contributed by atoms with Gasteiger partial charge in [0.05, 0.1) is 25.5 Å². The van der Waals surface area contributed by atoms with Gasteiger partial charge in [-0.2, -0.15) is 0 Å². The largest absolute Gasteiger partial charge is 0.379 e. The molecule has 0 aromatic heterocycles. The molecule has 0 saturated carbocycles. The van der Waals surface area contributed by atoms with Crippen molar-refractivity contribution in [1.29, 1.82) is 0 Å². The third-order valence-corrected chi connectivity index (χ3v) is 7.81. The highest BCUT2D eigenvalue weighted by Crippen LogP contribution is 2.40. The Morgan fingerprint density at radius 3 is 2.38 bits per heavy atom. The number of sulfonamides is 1. The summed E-state index contributed by atoms with van der Waals surface area (Å²) in [5, 5.41) is 0. The van der Waals surface area contributed by atoms with E-state index in [0.29, 0.717) is 18.5 Å². The van der Waals surface area contributed by atoms with E-state index in [-0.39, 0.29) is 42.6 Å². The van der Waals surface area contributed by atoms with Crippen LogP contribution < -0.4 is 0 Å². The van der Waals surface area contributed by atoms with Crippen molar-refractivity contribution < 1.29 is 22.7 Å². The van der Waals surface area contributed by atoms with Gasteiger partial charge in [-0.25, -0.2) is 12.7 Å². The molecule has 8 nitrogen and oxygen atoms in total. The number of halogens is 1. The average Bonchev–Trinajstić information content (AvgIpc) is 3.26. The van der Waals surface area contributed by atoms with E-state index in [1.165, 1.54) is 0 Å². The van der Waals surface area contributed by atoms with Crippen LogP contribution in [0.15, 0.2) is 24.3 Å². The third kappa shape index (κ3) is 4.95. The number of likely N-dealkylation sites (tertiary alicyclic amines) is 1. The van der Waals surface area contributed by atoms with Crippen LogP contribution in [-0.4, -0.2) is 86.0 Å². The smallest absolute Gasteiger partial charge is 0.253 e. The van der Waals surface area contributed by atoms with Crippen LogP contribution in [0.4, 0.5) is 0 Å². The van der Waals surface area contributed by atoms with Gasteiger partial charge in [-0.3, -0.25) is 14.5 Å². The molecule has 0 unspecified atom stereocenters. The molecule has 3 aliphatic rings. The van der Waals surface area contributed by atoms with Gasteiger partial charge in [0.15, 0.2) is 0 Å². The first kappa shape index (κ1) is 25.0. The van der Waals surface area contributed by atoms with Crippen molar-refractivity contribution in [3.05, 3.63) is 35.4 Å². The number of morpholine rings is 1. The SMILES string of the molecule is CCC[C@H]1C(=O)N(S(C)(=O)=O)[C@H]2CN(C(=O)c3ccc(CN4CCOCC4)cc3)C[C@H]12.Cl. The van der Waals surface area contributed by atoms with Gasteiger partial charge >= 0.3 is 0 Å². The van der Waals surface area contributed by atoms with E-state index in [1.54, 1.807) is 4.90 Å². The standard InChI is InChI=1S/C22H31N3O5S.ClH/c1-3-4-18-19-14-24(15-20(19)25(22(18)27)31(2,28)29)21(26)17-7-5-16(6-8-17)13-23-9-11-30-12-10-23;/h5-8,18-20H,3-4,9-15H2,1-2H3;1H/t18-,19-,20+;/m1./s1. The lowest BCUT2D eigenvalue weighted by Gasteiger charge is -2.26. The second kappa shape index (κ2) is 10.1. The summed E-state index contributed by atoms with van der Waals surface area (Å²) in [5.41, 5.74) is 1.74. The Labute approximate surface area is 196 Å². The Kier molecular flexibility index (Phi) is 7.85. The van der Waals surface area contributed by atoms with Gasteiger partial charge in [-0.05, 0) is 24.1 Å². The van der Waals surface area contributed by atoms with Crippen LogP contribution in [0.3, 0.4) is 0 Å². The first-order valence-electron chi connectivity index (χ1n) is 11.0. The van der Waals surface area contributed by atoms with E-state index in [4.69, 9.17) is 4.74 Å². The van der Waals surface area contributed by atoms with E-state index >= 15 is 0 Å². The number of ether oxygens (including phenoxy) is 1. The molecule has 0 spiro atoms. The summed E-state index contributed by atoms with van der Waals surface area (Å²) in [4.78, 5) is 29.9. The Morgan fingerprint density at radius 1 is 1.12 bits per heavy atom. The highest BCUT2D eigenvalue weighted by atomic mass is 35.5. The molecule has 1 aromatic carbocycles. The van der Waals surface area contributed by atoms with Crippen molar-refractivity contribution in [2.24, 2.45) is 11.8 Å². The van der Waals surface area contributed by atoms with Crippen molar-refractivity contribution in [2.75, 3.05) is 45.6 Å². The zero-order valence-electron chi connectivity index (χ0n) is 18.6. The fraction of sp³-hybridized carbons (Fsp3) is 0.636. The van der Waals surface area contributed by atoms with Crippen molar-refractivity contribution in [2.45, 2.75) is 32.4 Å². The van der Waals surface area contributed by atoms with Crippen LogP contribution in [-0.2, 0) is 26.1 Å². The number of rotatable bonds is 6. The highest BCUT2D eigenvalue weighted by Gasteiger charge is 2.55. The van der Waals surface area contributed by atoms with Gasteiger partial charge in [-0.15, -0.1) is 12.4 Å². The minimum atomic E-state index is -3.66. The van der Waals surface area contributed by atoms with Gasteiger partial charge in [0.1, 0.15) is 0 Å². The van der Waals surface area contributed by atoms with Gasteiger partial charge in [0.25, 0.3) is 5.91 Å². The van der Waals surface area contributed by atoms with E-state index in [2.05, 4.69) is 4.90 Å². The van der Waals surface area contributed by atoms with Crippen LogP contribution in [0.2, 0.25) is 0 Å². The van der Waals surface area contributed by atoms with Crippen molar-refractivity contribution in [1.82, 2.24) is 14.1 Å². The van der Waals surface area contributed by atoms with Gasteiger partial charge in [0.2, 0.25) is 15.9 Å². The fourth-order valence-electron chi connectivity index (χ4n) is 5.14. The van der Waals surface area contributed by atoms with Crippen LogP contribution in [0, 0.1) is 11.8 Å². The Bertz CT molecular complexity index is 933. The summed E-state index contributed by atoms with van der Waals surface area (Å²) < 4.78 is 31.0. The van der Waals surface area contributed by atoms with Gasteiger partial charge in [0, 0.05) is 50.1 Å². The summed E-state index contributed by atoms with van der Waals surface area (Å²) in [6, 6.07) is 7.19. The number of carbonyl (C=O) groups is 2. The number of nitrogens with zero attached hydrogens (tertiary/aromatic N) is 3. The maximum absolute atomic E-state index is 13.1. The van der Waals surface area contributed by atoms with Crippen molar-refractivity contribution in [3.63, 3.8) is 0 Å². The zero-order chi connectivity index (χ0) is 22.2. The van der Waals surface area contributed by atoms with Crippen LogP contribution in [0.25, 0.3) is 0 Å². The molecule has 32 heavy (non-hydrogen) atoms. The minimum Gasteiger partial charge on any atom is -0.379 e. The number of amides is 2. The molecule has 0 aliphatic carbocycles. The van der Waals surface area contributed by atoms with Gasteiger partial charge in [-0.1, -0.05) is 25.5 Å². The molecule has 0 bridgehead atoms. The van der Waals surface area contributed by atoms with Crippen molar-refractivity contribution in [3.8, 4) is 0 Å². The summed E-state index contributed by atoms with van der Waals surface area (Å²) in [7, 11) is -3.66. The summed E-state index contributed by atoms with van der Waals surface area (Å²) >= 11 is 0. The first-order valence-corrected chi connectivity index (χ1v) is 12.9. The lowest BCUT2D eigenvalue weighted by atomic mass is 9.89. The Morgan fingerprint density at radius 2 is 1.78 bits per heavy atom. The lowest BCUT2D eigenvalue weighted by Crippen LogP contribution is -2.43. The molecule has 0 N–H and O–H groups in total. The van der Waals surface area contributed by atoms with Crippen LogP contribution in [0.1, 0.15) is 35.7 Å². The second-order valence-electron chi connectivity index (χ2n) is 8.82. The molecular weight excluding hydrogens is 454 g/mol. The maximum Gasteiger partial charge on any atom is 0.253 e. The fourth-order valence-corrected chi connectivity index (χ4v) is 6.32. The average molecular weight is 486 g/mol. The Hall–Kier alpha value is -1.68. The normalized spacial score (nSPS) is 26.2. The maximum atomic E-state index is 13.1. The predicted octanol–water partition coefficient (Wildman–Crippen LogP) is 1.60. The second-order valence-corrected chi connectivity index (χ2v) is 10.7. The van der Waals surface area contributed by atoms with Crippen LogP contribution >= 0.6 is 12.4 Å². The molecule has 3 aliphatic heterocycles. The number of fused-ring (bicyclic) bond motifs is 1. The summed E-state index contributed by atoms with van der Waals surface area (Å²) in [6.07, 6.45) is 2.52. The quantitative estimate of drug-likeness (QED) is 0.608. The number of carbonyl (C=O) groups excluding carboxylic acids is 2. The van der Waals surface area contributed by atoms with Crippen LogP contribution in [0.5, 0.6) is 0 Å². The summed E-state index contributed by atoms with van der Waals surface area (Å²) in [5.74, 6) is -0.882. The molecule has 0 radical (unpaired) electrons. The first-order chi connectivity index (χ1) is 14.8. The van der Waals surface area contributed by atoms with Gasteiger partial charge < -0.3 is 9.64 Å². The molecule has 3 heterocycles. The lowest BCUT2D eigenvalue weighted by molar-refractivity contribution is -0.128. The number of hydrogen-bond donors (Lipinski definition) is 0. The highest BCUT2D eigenvalue weighted by molar-refractivity contribution is 7.88. The molecule has 1 aromatic rings. The van der Waals surface area contributed by atoms with E-state index < -0.39 is 16.1 Å². The zero-order valence-corrected chi connectivity index (χ0v) is 20.2. The topological polar surface area (TPSA) is 87.2 Å². The third-order valence-electron chi connectivity index (χ3n) is 6.64. The molecule has 3 saturated heterocycles. The molecule has 4 rings (SSSR count). The Balaban J connectivity index is 0.00000289. The van der Waals surface area contributed by atoms with E-state index in [0.717, 1.165) is 55.4 Å². The minimum absolute atomic E-state index is 0. The molecule has 3 atom stereocenters.